The first-order valence-electron chi connectivity index (χ1n) is 5.41. The van der Waals surface area contributed by atoms with E-state index in [9.17, 15) is 13.2 Å². The number of aromatic nitrogens is 3. The summed E-state index contributed by atoms with van der Waals surface area (Å²) < 4.78 is 26.2. The highest BCUT2D eigenvalue weighted by atomic mass is 32.2. The Hall–Kier alpha value is -2.00. The summed E-state index contributed by atoms with van der Waals surface area (Å²) in [5.41, 5.74) is 0.785. The lowest BCUT2D eigenvalue weighted by atomic mass is 10.2. The van der Waals surface area contributed by atoms with Crippen molar-refractivity contribution in [1.82, 2.24) is 19.7 Å². The van der Waals surface area contributed by atoms with E-state index in [4.69, 9.17) is 5.11 Å². The number of hydrogen-bond acceptors (Lipinski definition) is 5. The van der Waals surface area contributed by atoms with Crippen LogP contribution in [0.25, 0.3) is 11.0 Å². The molecule has 0 saturated carbocycles. The van der Waals surface area contributed by atoms with Gasteiger partial charge in [0, 0.05) is 0 Å². The number of carbonyl (C=O) groups is 1. The summed E-state index contributed by atoms with van der Waals surface area (Å²) in [6.07, 6.45) is 0. The molecule has 2 rings (SSSR count). The standard InChI is InChI=1S/C10H12N4O4S/c1-11-19(17,18)6-5-14-9-7(10(15)16)3-2-4-8(9)12-13-14/h2-4,11H,5-6H2,1H3,(H,15,16). The molecular formula is C10H12N4O4S. The number of sulfonamides is 1. The van der Waals surface area contributed by atoms with Crippen molar-refractivity contribution in [2.45, 2.75) is 6.54 Å². The van der Waals surface area contributed by atoms with Crippen molar-refractivity contribution in [3.05, 3.63) is 23.8 Å². The second kappa shape index (κ2) is 4.94. The van der Waals surface area contributed by atoms with Crippen LogP contribution in [0.3, 0.4) is 0 Å². The fourth-order valence-electron chi connectivity index (χ4n) is 1.67. The Morgan fingerprint density at radius 1 is 1.47 bits per heavy atom. The molecule has 0 unspecified atom stereocenters. The van der Waals surface area contributed by atoms with Crippen LogP contribution in [0.4, 0.5) is 0 Å². The average molecular weight is 284 g/mol. The Balaban J connectivity index is 2.42. The molecule has 0 aliphatic rings. The van der Waals surface area contributed by atoms with Crippen molar-refractivity contribution in [3.63, 3.8) is 0 Å². The molecule has 0 aliphatic carbocycles. The van der Waals surface area contributed by atoms with Crippen LogP contribution >= 0.6 is 0 Å². The normalized spacial score (nSPS) is 11.8. The van der Waals surface area contributed by atoms with Gasteiger partial charge in [-0.25, -0.2) is 22.6 Å². The van der Waals surface area contributed by atoms with Gasteiger partial charge in [-0.1, -0.05) is 11.3 Å². The van der Waals surface area contributed by atoms with Crippen molar-refractivity contribution in [2.75, 3.05) is 12.8 Å². The lowest BCUT2D eigenvalue weighted by Gasteiger charge is -2.05. The second-order valence-corrected chi connectivity index (χ2v) is 5.86. The molecule has 0 radical (unpaired) electrons. The molecule has 0 saturated heterocycles. The Bertz CT molecular complexity index is 722. The fourth-order valence-corrected chi connectivity index (χ4v) is 2.29. The number of nitrogens with one attached hydrogen (secondary N) is 1. The SMILES string of the molecule is CNS(=O)(=O)CCn1nnc2cccc(C(=O)O)c21. The molecule has 0 spiro atoms. The zero-order valence-electron chi connectivity index (χ0n) is 10.1. The summed E-state index contributed by atoms with van der Waals surface area (Å²) in [5.74, 6) is -1.30. The number of fused-ring (bicyclic) bond motifs is 1. The van der Waals surface area contributed by atoms with Crippen LogP contribution in [0.5, 0.6) is 0 Å². The van der Waals surface area contributed by atoms with Gasteiger partial charge in [0.2, 0.25) is 10.0 Å². The molecule has 9 heteroatoms. The number of rotatable bonds is 5. The molecule has 2 N–H and O–H groups in total. The van der Waals surface area contributed by atoms with Crippen LogP contribution in [-0.2, 0) is 16.6 Å². The van der Waals surface area contributed by atoms with Gasteiger partial charge < -0.3 is 5.11 Å². The topological polar surface area (TPSA) is 114 Å². The van der Waals surface area contributed by atoms with E-state index in [1.165, 1.54) is 17.8 Å². The van der Waals surface area contributed by atoms with Crippen molar-refractivity contribution < 1.29 is 18.3 Å². The molecular weight excluding hydrogens is 272 g/mol. The highest BCUT2D eigenvalue weighted by Gasteiger charge is 2.16. The third-order valence-corrected chi connectivity index (χ3v) is 3.99. The van der Waals surface area contributed by atoms with Crippen LogP contribution in [0.1, 0.15) is 10.4 Å². The minimum Gasteiger partial charge on any atom is -0.478 e. The first kappa shape index (κ1) is 13.4. The van der Waals surface area contributed by atoms with E-state index in [0.29, 0.717) is 11.0 Å². The third-order valence-electron chi connectivity index (χ3n) is 2.65. The van der Waals surface area contributed by atoms with E-state index in [1.54, 1.807) is 12.1 Å². The minimum absolute atomic E-state index is 0.0317. The van der Waals surface area contributed by atoms with Crippen LogP contribution in [0.15, 0.2) is 18.2 Å². The number of para-hydroxylation sites is 1. The van der Waals surface area contributed by atoms with Crippen LogP contribution < -0.4 is 4.72 Å². The Morgan fingerprint density at radius 2 is 2.21 bits per heavy atom. The largest absolute Gasteiger partial charge is 0.478 e. The van der Waals surface area contributed by atoms with Crippen molar-refractivity contribution in [1.29, 1.82) is 0 Å². The van der Waals surface area contributed by atoms with Gasteiger partial charge in [0.05, 0.1) is 17.9 Å². The number of carboxylic acids is 1. The molecule has 1 aromatic heterocycles. The Morgan fingerprint density at radius 3 is 2.84 bits per heavy atom. The average Bonchev–Trinajstić information content (AvgIpc) is 2.79. The van der Waals surface area contributed by atoms with Gasteiger partial charge in [-0.2, -0.15) is 0 Å². The highest BCUT2D eigenvalue weighted by Crippen LogP contribution is 2.16. The zero-order valence-corrected chi connectivity index (χ0v) is 10.9. The number of hydrogen-bond donors (Lipinski definition) is 2. The maximum atomic E-state index is 11.4. The Kier molecular flexibility index (Phi) is 3.49. The number of aromatic carboxylic acids is 1. The summed E-state index contributed by atoms with van der Waals surface area (Å²) in [5, 5.41) is 16.7. The second-order valence-electron chi connectivity index (χ2n) is 3.81. The maximum absolute atomic E-state index is 11.4. The van der Waals surface area contributed by atoms with Crippen molar-refractivity contribution in [3.8, 4) is 0 Å². The molecule has 1 aromatic carbocycles. The summed E-state index contributed by atoms with van der Waals surface area (Å²) in [6.45, 7) is 0.0317. The van der Waals surface area contributed by atoms with Crippen LogP contribution in [-0.4, -0.2) is 47.3 Å². The summed E-state index contributed by atoms with van der Waals surface area (Å²) in [7, 11) is -2.07. The summed E-state index contributed by atoms with van der Waals surface area (Å²) >= 11 is 0. The number of carboxylic acid groups (broad SMARTS) is 1. The summed E-state index contributed by atoms with van der Waals surface area (Å²) in [4.78, 5) is 11.1. The van der Waals surface area contributed by atoms with Crippen LogP contribution in [0.2, 0.25) is 0 Å². The molecule has 0 bridgehead atoms. The van der Waals surface area contributed by atoms with Crippen molar-refractivity contribution in [2.24, 2.45) is 0 Å². The van der Waals surface area contributed by atoms with Gasteiger partial charge in [0.15, 0.2) is 0 Å². The first-order chi connectivity index (χ1) is 8.94. The van der Waals surface area contributed by atoms with Gasteiger partial charge in [-0.3, -0.25) is 0 Å². The van der Waals surface area contributed by atoms with Gasteiger partial charge in [-0.05, 0) is 19.2 Å². The predicted octanol–water partition coefficient (Wildman–Crippen LogP) is -0.321. The van der Waals surface area contributed by atoms with E-state index in [-0.39, 0.29) is 17.9 Å². The van der Waals surface area contributed by atoms with Gasteiger partial charge >= 0.3 is 5.97 Å². The molecule has 1 heterocycles. The first-order valence-corrected chi connectivity index (χ1v) is 7.06. The molecule has 8 nitrogen and oxygen atoms in total. The molecule has 19 heavy (non-hydrogen) atoms. The van der Waals surface area contributed by atoms with E-state index in [2.05, 4.69) is 15.0 Å². The highest BCUT2D eigenvalue weighted by molar-refractivity contribution is 7.89. The quantitative estimate of drug-likeness (QED) is 0.777. The van der Waals surface area contributed by atoms with E-state index < -0.39 is 16.0 Å². The summed E-state index contributed by atoms with van der Waals surface area (Å²) in [6, 6.07) is 4.62. The van der Waals surface area contributed by atoms with Gasteiger partial charge in [0.1, 0.15) is 11.0 Å². The monoisotopic (exact) mass is 284 g/mol. The smallest absolute Gasteiger partial charge is 0.337 e. The molecule has 0 atom stereocenters. The molecule has 102 valence electrons. The van der Waals surface area contributed by atoms with E-state index in [1.807, 2.05) is 0 Å². The number of aryl methyl sites for hydroxylation is 1. The van der Waals surface area contributed by atoms with Gasteiger partial charge in [0.25, 0.3) is 0 Å². The van der Waals surface area contributed by atoms with E-state index >= 15 is 0 Å². The molecule has 0 fully saturated rings. The number of benzene rings is 1. The van der Waals surface area contributed by atoms with E-state index in [0.717, 1.165) is 0 Å². The minimum atomic E-state index is -3.38. The van der Waals surface area contributed by atoms with Crippen molar-refractivity contribution >= 4 is 27.0 Å². The zero-order chi connectivity index (χ0) is 14.0. The lowest BCUT2D eigenvalue weighted by Crippen LogP contribution is -2.25. The predicted molar refractivity (Wildman–Crippen MR) is 67.3 cm³/mol. The molecule has 0 aliphatic heterocycles. The van der Waals surface area contributed by atoms with Gasteiger partial charge in [-0.15, -0.1) is 5.10 Å². The Labute approximate surface area is 109 Å². The van der Waals surface area contributed by atoms with Crippen LogP contribution in [0, 0.1) is 0 Å². The molecule has 0 amide bonds. The number of nitrogens with zero attached hydrogens (tertiary/aromatic N) is 3. The third kappa shape index (κ3) is 2.71. The molecule has 2 aromatic rings. The fraction of sp³-hybridized carbons (Fsp3) is 0.300. The maximum Gasteiger partial charge on any atom is 0.337 e. The lowest BCUT2D eigenvalue weighted by molar-refractivity contribution is 0.0698.